The lowest BCUT2D eigenvalue weighted by Gasteiger charge is -2.29. The van der Waals surface area contributed by atoms with E-state index >= 15 is 0 Å². The van der Waals surface area contributed by atoms with Crippen molar-refractivity contribution in [1.29, 1.82) is 0 Å². The second-order valence-corrected chi connectivity index (χ2v) is 7.17. The van der Waals surface area contributed by atoms with Gasteiger partial charge < -0.3 is 0 Å². The summed E-state index contributed by atoms with van der Waals surface area (Å²) in [5.41, 5.74) is 0. The van der Waals surface area contributed by atoms with Crippen molar-refractivity contribution in [3.05, 3.63) is 22.9 Å². The van der Waals surface area contributed by atoms with Gasteiger partial charge in [0, 0.05) is 42.3 Å². The molecule has 0 amide bonds. The zero-order valence-electron chi connectivity index (χ0n) is 9.84. The standard InChI is InChI=1S/C11H13BrN2O3S/c1-8-7-14(3-2-11(8)15)18(16,17)10-4-9(12)5-13-6-10/h4-6,8H,2-3,7H2,1H3. The van der Waals surface area contributed by atoms with Gasteiger partial charge >= 0.3 is 0 Å². The van der Waals surface area contributed by atoms with Crippen LogP contribution in [0.1, 0.15) is 13.3 Å². The van der Waals surface area contributed by atoms with Crippen LogP contribution in [0.4, 0.5) is 0 Å². The molecule has 1 aromatic rings. The van der Waals surface area contributed by atoms with Gasteiger partial charge in [0.05, 0.1) is 0 Å². The van der Waals surface area contributed by atoms with Crippen molar-refractivity contribution in [1.82, 2.24) is 9.29 Å². The summed E-state index contributed by atoms with van der Waals surface area (Å²) in [7, 11) is -3.55. The average Bonchev–Trinajstić information content (AvgIpc) is 2.32. The summed E-state index contributed by atoms with van der Waals surface area (Å²) in [6.07, 6.45) is 3.13. The molecule has 1 aliphatic rings. The summed E-state index contributed by atoms with van der Waals surface area (Å²) in [5, 5.41) is 0. The van der Waals surface area contributed by atoms with E-state index in [1.807, 2.05) is 0 Å². The number of aromatic nitrogens is 1. The topological polar surface area (TPSA) is 67.3 Å². The Morgan fingerprint density at radius 2 is 2.17 bits per heavy atom. The Balaban J connectivity index is 2.29. The quantitative estimate of drug-likeness (QED) is 0.821. The first kappa shape index (κ1) is 13.6. The first-order valence-electron chi connectivity index (χ1n) is 5.54. The highest BCUT2D eigenvalue weighted by molar-refractivity contribution is 9.10. The van der Waals surface area contributed by atoms with Gasteiger partial charge in [-0.05, 0) is 22.0 Å². The first-order chi connectivity index (χ1) is 8.41. The maximum atomic E-state index is 12.3. The molecule has 2 rings (SSSR count). The number of pyridine rings is 1. The Bertz CT molecular complexity index is 573. The van der Waals surface area contributed by atoms with E-state index in [0.717, 1.165) is 0 Å². The number of rotatable bonds is 2. The molecule has 0 bridgehead atoms. The van der Waals surface area contributed by atoms with Gasteiger partial charge in [-0.3, -0.25) is 9.78 Å². The molecule has 98 valence electrons. The summed E-state index contributed by atoms with van der Waals surface area (Å²) in [6.45, 7) is 2.24. The van der Waals surface area contributed by atoms with Crippen molar-refractivity contribution >= 4 is 31.7 Å². The first-order valence-corrected chi connectivity index (χ1v) is 7.78. The molecule has 0 saturated carbocycles. The van der Waals surface area contributed by atoms with E-state index in [0.29, 0.717) is 4.47 Å². The highest BCUT2D eigenvalue weighted by Crippen LogP contribution is 2.23. The molecule has 18 heavy (non-hydrogen) atoms. The fourth-order valence-corrected chi connectivity index (χ4v) is 3.92. The van der Waals surface area contributed by atoms with Crippen LogP contribution < -0.4 is 0 Å². The highest BCUT2D eigenvalue weighted by atomic mass is 79.9. The number of hydrogen-bond donors (Lipinski definition) is 0. The number of carbonyl (C=O) groups excluding carboxylic acids is 1. The summed E-state index contributed by atoms with van der Waals surface area (Å²) in [4.78, 5) is 15.4. The Kier molecular flexibility index (Phi) is 3.84. The third-order valence-electron chi connectivity index (χ3n) is 2.95. The molecule has 5 nitrogen and oxygen atoms in total. The number of sulfonamides is 1. The van der Waals surface area contributed by atoms with Crippen molar-refractivity contribution in [2.24, 2.45) is 5.92 Å². The van der Waals surface area contributed by atoms with Crippen molar-refractivity contribution in [3.8, 4) is 0 Å². The minimum Gasteiger partial charge on any atom is -0.299 e. The predicted octanol–water partition coefficient (Wildman–Crippen LogP) is 1.44. The monoisotopic (exact) mass is 332 g/mol. The van der Waals surface area contributed by atoms with Crippen LogP contribution in [0.5, 0.6) is 0 Å². The normalized spacial score (nSPS) is 22.1. The number of Topliss-reactive ketones (excluding diaryl/α,β-unsaturated/α-hetero) is 1. The summed E-state index contributed by atoms with van der Waals surface area (Å²) < 4.78 is 26.7. The van der Waals surface area contributed by atoms with Gasteiger partial charge in [-0.15, -0.1) is 0 Å². The van der Waals surface area contributed by atoms with Crippen molar-refractivity contribution < 1.29 is 13.2 Å². The van der Waals surface area contributed by atoms with Crippen LogP contribution in [0.25, 0.3) is 0 Å². The van der Waals surface area contributed by atoms with Crippen LogP contribution in [0.15, 0.2) is 27.8 Å². The molecule has 1 saturated heterocycles. The molecular weight excluding hydrogens is 320 g/mol. The van der Waals surface area contributed by atoms with E-state index < -0.39 is 10.0 Å². The zero-order valence-corrected chi connectivity index (χ0v) is 12.2. The lowest BCUT2D eigenvalue weighted by Crippen LogP contribution is -2.43. The molecule has 1 atom stereocenters. The largest absolute Gasteiger partial charge is 0.299 e. The number of halogens is 1. The third-order valence-corrected chi connectivity index (χ3v) is 5.22. The van der Waals surface area contributed by atoms with E-state index in [2.05, 4.69) is 20.9 Å². The third kappa shape index (κ3) is 2.62. The van der Waals surface area contributed by atoms with E-state index in [-0.39, 0.29) is 36.1 Å². The lowest BCUT2D eigenvalue weighted by molar-refractivity contribution is -0.124. The Hall–Kier alpha value is -0.790. The van der Waals surface area contributed by atoms with Crippen molar-refractivity contribution in [2.75, 3.05) is 13.1 Å². The summed E-state index contributed by atoms with van der Waals surface area (Å²) in [6, 6.07) is 1.52. The van der Waals surface area contributed by atoms with Gasteiger partial charge in [-0.2, -0.15) is 4.31 Å². The van der Waals surface area contributed by atoms with Gasteiger partial charge in [0.15, 0.2) is 0 Å². The van der Waals surface area contributed by atoms with Gasteiger partial charge in [-0.25, -0.2) is 8.42 Å². The van der Waals surface area contributed by atoms with Gasteiger partial charge in [0.25, 0.3) is 0 Å². The summed E-state index contributed by atoms with van der Waals surface area (Å²) >= 11 is 3.20. The molecule has 1 aromatic heterocycles. The maximum absolute atomic E-state index is 12.3. The second-order valence-electron chi connectivity index (χ2n) is 4.32. The number of carbonyl (C=O) groups is 1. The summed E-state index contributed by atoms with van der Waals surface area (Å²) in [5.74, 6) is -0.123. The molecule has 1 fully saturated rings. The second kappa shape index (κ2) is 5.07. The van der Waals surface area contributed by atoms with Crippen molar-refractivity contribution in [2.45, 2.75) is 18.2 Å². The van der Waals surface area contributed by atoms with Crippen molar-refractivity contribution in [3.63, 3.8) is 0 Å². The SMILES string of the molecule is CC1CN(S(=O)(=O)c2cncc(Br)c2)CCC1=O. The molecule has 1 unspecified atom stereocenters. The van der Waals surface area contributed by atoms with Crippen LogP contribution in [0, 0.1) is 5.92 Å². The van der Waals surface area contributed by atoms with E-state index in [1.54, 1.807) is 6.92 Å². The molecule has 2 heterocycles. The molecule has 0 aliphatic carbocycles. The van der Waals surface area contributed by atoms with Crippen LogP contribution >= 0.6 is 15.9 Å². The molecular formula is C11H13BrN2O3S. The number of ketones is 1. The predicted molar refractivity (Wildman–Crippen MR) is 69.5 cm³/mol. The molecule has 0 aromatic carbocycles. The van der Waals surface area contributed by atoms with Gasteiger partial charge in [0.2, 0.25) is 10.0 Å². The van der Waals surface area contributed by atoms with Crippen LogP contribution in [-0.2, 0) is 14.8 Å². The van der Waals surface area contributed by atoms with Crippen LogP contribution in [0.3, 0.4) is 0 Å². The molecule has 0 radical (unpaired) electrons. The van der Waals surface area contributed by atoms with E-state index in [1.165, 1.54) is 22.8 Å². The number of hydrogen-bond acceptors (Lipinski definition) is 4. The smallest absolute Gasteiger partial charge is 0.244 e. The fourth-order valence-electron chi connectivity index (χ4n) is 1.88. The molecule has 0 spiro atoms. The van der Waals surface area contributed by atoms with Crippen LogP contribution in [0.2, 0.25) is 0 Å². The maximum Gasteiger partial charge on any atom is 0.244 e. The fraction of sp³-hybridized carbons (Fsp3) is 0.455. The minimum absolute atomic E-state index is 0.119. The van der Waals surface area contributed by atoms with Gasteiger partial charge in [-0.1, -0.05) is 6.92 Å². The molecule has 1 aliphatic heterocycles. The van der Waals surface area contributed by atoms with Crippen LogP contribution in [-0.4, -0.2) is 36.6 Å². The number of piperidine rings is 1. The Labute approximate surface area is 114 Å². The van der Waals surface area contributed by atoms with E-state index in [9.17, 15) is 13.2 Å². The minimum atomic E-state index is -3.55. The van der Waals surface area contributed by atoms with E-state index in [4.69, 9.17) is 0 Å². The van der Waals surface area contributed by atoms with Gasteiger partial charge in [0.1, 0.15) is 10.7 Å². The highest BCUT2D eigenvalue weighted by Gasteiger charge is 2.32. The zero-order chi connectivity index (χ0) is 13.3. The molecule has 0 N–H and O–H groups in total. The average molecular weight is 333 g/mol. The number of nitrogens with zero attached hydrogens (tertiary/aromatic N) is 2. The Morgan fingerprint density at radius 3 is 2.78 bits per heavy atom. The molecule has 7 heteroatoms. The Morgan fingerprint density at radius 1 is 1.44 bits per heavy atom. The lowest BCUT2D eigenvalue weighted by atomic mass is 10.0.